The highest BCUT2D eigenvalue weighted by Crippen LogP contribution is 2.26. The van der Waals surface area contributed by atoms with Gasteiger partial charge in [-0.05, 0) is 62.9 Å². The average Bonchev–Trinajstić information content (AvgIpc) is 2.79. The molecule has 0 radical (unpaired) electrons. The van der Waals surface area contributed by atoms with Gasteiger partial charge >= 0.3 is 0 Å². The molecule has 0 spiro atoms. The van der Waals surface area contributed by atoms with Crippen LogP contribution >= 0.6 is 23.2 Å². The highest BCUT2D eigenvalue weighted by Gasteiger charge is 2.32. The highest BCUT2D eigenvalue weighted by atomic mass is 35.5. The Balaban J connectivity index is 2.50. The first-order valence-corrected chi connectivity index (χ1v) is 14.5. The second-order valence-electron chi connectivity index (χ2n) is 9.07. The Kier molecular flexibility index (Phi) is 10.6. The van der Waals surface area contributed by atoms with Crippen molar-refractivity contribution in [2.45, 2.75) is 66.1 Å². The first kappa shape index (κ1) is 29.9. The molecular weight excluding hydrogens is 521 g/mol. The van der Waals surface area contributed by atoms with E-state index < -0.39 is 28.5 Å². The third kappa shape index (κ3) is 7.85. The predicted molar refractivity (Wildman–Crippen MR) is 147 cm³/mol. The molecule has 10 heteroatoms. The van der Waals surface area contributed by atoms with E-state index in [-0.39, 0.29) is 18.5 Å². The minimum absolute atomic E-state index is 0.0621. The molecular formula is C26H35Cl2N3O4S. The van der Waals surface area contributed by atoms with Crippen molar-refractivity contribution in [3.63, 3.8) is 0 Å². The summed E-state index contributed by atoms with van der Waals surface area (Å²) in [5, 5.41) is 3.64. The zero-order valence-corrected chi connectivity index (χ0v) is 24.0. The van der Waals surface area contributed by atoms with Crippen molar-refractivity contribution in [1.29, 1.82) is 0 Å². The smallest absolute Gasteiger partial charge is 0.244 e. The Bertz CT molecular complexity index is 1200. The lowest BCUT2D eigenvalue weighted by Gasteiger charge is -2.33. The molecule has 0 bridgehead atoms. The highest BCUT2D eigenvalue weighted by molar-refractivity contribution is 7.92. The van der Waals surface area contributed by atoms with E-state index in [1.165, 1.54) is 4.90 Å². The summed E-state index contributed by atoms with van der Waals surface area (Å²) >= 11 is 12.2. The van der Waals surface area contributed by atoms with E-state index in [4.69, 9.17) is 23.2 Å². The molecule has 0 saturated heterocycles. The molecule has 2 unspecified atom stereocenters. The summed E-state index contributed by atoms with van der Waals surface area (Å²) in [4.78, 5) is 28.3. The molecule has 2 aromatic carbocycles. The third-order valence-electron chi connectivity index (χ3n) is 6.02. The van der Waals surface area contributed by atoms with Crippen LogP contribution in [-0.4, -0.2) is 50.0 Å². The molecule has 7 nitrogen and oxygen atoms in total. The molecule has 198 valence electrons. The van der Waals surface area contributed by atoms with E-state index in [2.05, 4.69) is 5.32 Å². The lowest BCUT2D eigenvalue weighted by Crippen LogP contribution is -2.53. The number of amides is 2. The summed E-state index contributed by atoms with van der Waals surface area (Å²) < 4.78 is 26.6. The first-order chi connectivity index (χ1) is 16.8. The number of sulfonamides is 1. The van der Waals surface area contributed by atoms with Crippen LogP contribution in [-0.2, 0) is 26.2 Å². The van der Waals surface area contributed by atoms with Crippen LogP contribution in [0.15, 0.2) is 36.4 Å². The third-order valence-corrected chi connectivity index (χ3v) is 7.89. The van der Waals surface area contributed by atoms with Gasteiger partial charge in [0, 0.05) is 12.6 Å². The van der Waals surface area contributed by atoms with Gasteiger partial charge in [0.2, 0.25) is 21.8 Å². The number of halogens is 2. The van der Waals surface area contributed by atoms with Crippen molar-refractivity contribution < 1.29 is 18.0 Å². The fourth-order valence-corrected chi connectivity index (χ4v) is 5.10. The quantitative estimate of drug-likeness (QED) is 0.418. The van der Waals surface area contributed by atoms with Gasteiger partial charge in [-0.2, -0.15) is 0 Å². The molecule has 2 amide bonds. The van der Waals surface area contributed by atoms with Gasteiger partial charge in [0.15, 0.2) is 0 Å². The molecule has 0 aliphatic rings. The van der Waals surface area contributed by atoms with Crippen LogP contribution in [0.4, 0.5) is 5.69 Å². The Labute approximate surface area is 224 Å². The fraction of sp³-hybridized carbons (Fsp3) is 0.462. The summed E-state index contributed by atoms with van der Waals surface area (Å²) in [6.07, 6.45) is 2.14. The summed E-state index contributed by atoms with van der Waals surface area (Å²) in [5.41, 5.74) is 2.80. The number of nitrogens with one attached hydrogen (secondary N) is 1. The molecule has 2 aromatic rings. The topological polar surface area (TPSA) is 86.8 Å². The van der Waals surface area contributed by atoms with Gasteiger partial charge < -0.3 is 10.2 Å². The van der Waals surface area contributed by atoms with E-state index >= 15 is 0 Å². The maximum absolute atomic E-state index is 13.7. The molecule has 0 aliphatic heterocycles. The van der Waals surface area contributed by atoms with Crippen molar-refractivity contribution in [3.8, 4) is 0 Å². The zero-order valence-electron chi connectivity index (χ0n) is 21.6. The van der Waals surface area contributed by atoms with Crippen LogP contribution in [0, 0.1) is 13.8 Å². The minimum atomic E-state index is -3.80. The number of benzene rings is 2. The van der Waals surface area contributed by atoms with Crippen LogP contribution in [0.2, 0.25) is 10.0 Å². The average molecular weight is 557 g/mol. The van der Waals surface area contributed by atoms with Crippen LogP contribution < -0.4 is 9.62 Å². The van der Waals surface area contributed by atoms with Gasteiger partial charge in [-0.1, -0.05) is 60.8 Å². The summed E-state index contributed by atoms with van der Waals surface area (Å²) in [7, 11) is -3.80. The van der Waals surface area contributed by atoms with E-state index in [0.717, 1.165) is 28.1 Å². The molecule has 1 N–H and O–H groups in total. The molecule has 0 saturated carbocycles. The maximum atomic E-state index is 13.7. The predicted octanol–water partition coefficient (Wildman–Crippen LogP) is 5.10. The van der Waals surface area contributed by atoms with Crippen molar-refractivity contribution >= 4 is 50.7 Å². The van der Waals surface area contributed by atoms with Crippen LogP contribution in [0.5, 0.6) is 0 Å². The first-order valence-electron chi connectivity index (χ1n) is 11.9. The standard InChI is InChI=1S/C26H35Cl2N3O4S/c1-7-19(5)29-26(33)23(8-2)30(15-20-10-11-21(27)22(28)14-20)25(32)16-31(36(6,34)35)24-12-9-17(3)13-18(24)4/h9-14,19,23H,7-8,15-16H2,1-6H3,(H,29,33). The Morgan fingerprint density at radius 2 is 1.67 bits per heavy atom. The van der Waals surface area contributed by atoms with Crippen LogP contribution in [0.3, 0.4) is 0 Å². The molecule has 36 heavy (non-hydrogen) atoms. The molecule has 0 heterocycles. The van der Waals surface area contributed by atoms with Gasteiger partial charge in [0.1, 0.15) is 12.6 Å². The molecule has 2 rings (SSSR count). The van der Waals surface area contributed by atoms with Crippen molar-refractivity contribution in [2.75, 3.05) is 17.1 Å². The van der Waals surface area contributed by atoms with Crippen molar-refractivity contribution in [3.05, 3.63) is 63.1 Å². The van der Waals surface area contributed by atoms with Gasteiger partial charge in [-0.3, -0.25) is 13.9 Å². The van der Waals surface area contributed by atoms with Crippen LogP contribution in [0.25, 0.3) is 0 Å². The molecule has 2 atom stereocenters. The summed E-state index contributed by atoms with van der Waals surface area (Å²) in [6.45, 7) is 8.98. The van der Waals surface area contributed by atoms with Gasteiger partial charge in [0.25, 0.3) is 0 Å². The molecule has 0 fully saturated rings. The second kappa shape index (κ2) is 12.8. The van der Waals surface area contributed by atoms with Crippen molar-refractivity contribution in [2.24, 2.45) is 0 Å². The van der Waals surface area contributed by atoms with Gasteiger partial charge in [-0.25, -0.2) is 8.42 Å². The van der Waals surface area contributed by atoms with E-state index in [1.807, 2.05) is 33.8 Å². The number of hydrogen-bond acceptors (Lipinski definition) is 4. The normalized spacial score (nSPS) is 13.1. The van der Waals surface area contributed by atoms with Crippen molar-refractivity contribution in [1.82, 2.24) is 10.2 Å². The van der Waals surface area contributed by atoms with Gasteiger partial charge in [0.05, 0.1) is 22.0 Å². The second-order valence-corrected chi connectivity index (χ2v) is 11.8. The maximum Gasteiger partial charge on any atom is 0.244 e. The lowest BCUT2D eigenvalue weighted by atomic mass is 10.1. The minimum Gasteiger partial charge on any atom is -0.352 e. The zero-order chi connectivity index (χ0) is 27.2. The number of hydrogen-bond donors (Lipinski definition) is 1. The van der Waals surface area contributed by atoms with Crippen LogP contribution in [0.1, 0.15) is 50.3 Å². The number of aryl methyl sites for hydroxylation is 2. The molecule has 0 aromatic heterocycles. The Morgan fingerprint density at radius 3 is 2.19 bits per heavy atom. The SMILES string of the molecule is CCC(C)NC(=O)C(CC)N(Cc1ccc(Cl)c(Cl)c1)C(=O)CN(c1ccc(C)cc1C)S(C)(=O)=O. The number of carbonyl (C=O) groups is 2. The number of nitrogens with zero attached hydrogens (tertiary/aromatic N) is 2. The Morgan fingerprint density at radius 1 is 1.00 bits per heavy atom. The number of anilines is 1. The lowest BCUT2D eigenvalue weighted by molar-refractivity contribution is -0.140. The largest absolute Gasteiger partial charge is 0.352 e. The molecule has 0 aliphatic carbocycles. The van der Waals surface area contributed by atoms with E-state index in [0.29, 0.717) is 27.7 Å². The summed E-state index contributed by atoms with van der Waals surface area (Å²) in [5.74, 6) is -0.796. The Hall–Kier alpha value is -2.29. The van der Waals surface area contributed by atoms with E-state index in [9.17, 15) is 18.0 Å². The van der Waals surface area contributed by atoms with E-state index in [1.54, 1.807) is 37.3 Å². The monoisotopic (exact) mass is 555 g/mol. The summed E-state index contributed by atoms with van der Waals surface area (Å²) in [6, 6.07) is 9.47. The number of rotatable bonds is 11. The fourth-order valence-electron chi connectivity index (χ4n) is 3.88. The van der Waals surface area contributed by atoms with Gasteiger partial charge in [-0.15, -0.1) is 0 Å². The number of carbonyl (C=O) groups excluding carboxylic acids is 2.